The second-order valence-electron chi connectivity index (χ2n) is 1.77. The quantitative estimate of drug-likeness (QED) is 0.467. The highest BCUT2D eigenvalue weighted by molar-refractivity contribution is 5.85. The van der Waals surface area contributed by atoms with Crippen molar-refractivity contribution in [2.45, 2.75) is 0 Å². The standard InChI is InChI=1S/C5H7N3.ClH/c1-7-2-3-8(4-6)5-7;/h2-3H,5H2,1H3;1H. The molecule has 1 aliphatic heterocycles. The van der Waals surface area contributed by atoms with Gasteiger partial charge in [0.25, 0.3) is 0 Å². The number of rotatable bonds is 0. The first-order chi connectivity index (χ1) is 3.83. The van der Waals surface area contributed by atoms with Gasteiger partial charge in [-0.15, -0.1) is 12.4 Å². The SMILES string of the molecule is CN1C=CN(C#N)C1.Cl. The topological polar surface area (TPSA) is 30.3 Å². The predicted octanol–water partition coefficient (Wildman–Crippen LogP) is 0.565. The Morgan fingerprint density at radius 3 is 2.44 bits per heavy atom. The Labute approximate surface area is 60.6 Å². The van der Waals surface area contributed by atoms with Gasteiger partial charge in [-0.2, -0.15) is 5.26 Å². The lowest BCUT2D eigenvalue weighted by molar-refractivity contribution is 0.373. The molecular weight excluding hydrogens is 138 g/mol. The van der Waals surface area contributed by atoms with E-state index >= 15 is 0 Å². The van der Waals surface area contributed by atoms with Gasteiger partial charge in [-0.25, -0.2) is 0 Å². The molecule has 9 heavy (non-hydrogen) atoms. The van der Waals surface area contributed by atoms with Gasteiger partial charge in [0.15, 0.2) is 6.19 Å². The zero-order valence-corrected chi connectivity index (χ0v) is 5.93. The van der Waals surface area contributed by atoms with Gasteiger partial charge in [0.1, 0.15) is 6.67 Å². The molecule has 0 saturated heterocycles. The molecule has 0 aromatic carbocycles. The molecule has 0 amide bonds. The van der Waals surface area contributed by atoms with Crippen LogP contribution in [0.3, 0.4) is 0 Å². The van der Waals surface area contributed by atoms with Gasteiger partial charge in [0.2, 0.25) is 0 Å². The largest absolute Gasteiger partial charge is 0.361 e. The average Bonchev–Trinajstić information content (AvgIpc) is 2.14. The highest BCUT2D eigenvalue weighted by Crippen LogP contribution is 1.99. The molecule has 1 heterocycles. The Bertz CT molecular complexity index is 149. The van der Waals surface area contributed by atoms with E-state index in [2.05, 4.69) is 0 Å². The Kier molecular flexibility index (Phi) is 2.89. The second-order valence-corrected chi connectivity index (χ2v) is 1.77. The van der Waals surface area contributed by atoms with Crippen molar-refractivity contribution < 1.29 is 0 Å². The lowest BCUT2D eigenvalue weighted by Gasteiger charge is -2.07. The molecular formula is C5H8ClN3. The number of hydrogen-bond acceptors (Lipinski definition) is 3. The maximum atomic E-state index is 8.28. The van der Waals surface area contributed by atoms with E-state index in [0.717, 1.165) is 0 Å². The van der Waals surface area contributed by atoms with Gasteiger partial charge in [0.05, 0.1) is 0 Å². The first-order valence-electron chi connectivity index (χ1n) is 2.38. The molecule has 0 bridgehead atoms. The molecule has 0 atom stereocenters. The van der Waals surface area contributed by atoms with Crippen molar-refractivity contribution in [3.63, 3.8) is 0 Å². The van der Waals surface area contributed by atoms with Gasteiger partial charge >= 0.3 is 0 Å². The summed E-state index contributed by atoms with van der Waals surface area (Å²) in [6.07, 6.45) is 5.61. The summed E-state index contributed by atoms with van der Waals surface area (Å²) in [5.74, 6) is 0. The van der Waals surface area contributed by atoms with Gasteiger partial charge in [-0.3, -0.25) is 4.90 Å². The van der Waals surface area contributed by atoms with Crippen LogP contribution in [0.1, 0.15) is 0 Å². The fourth-order valence-electron chi connectivity index (χ4n) is 0.594. The van der Waals surface area contributed by atoms with E-state index in [-0.39, 0.29) is 12.4 Å². The van der Waals surface area contributed by atoms with Crippen molar-refractivity contribution in [1.29, 1.82) is 5.26 Å². The Morgan fingerprint density at radius 2 is 2.22 bits per heavy atom. The van der Waals surface area contributed by atoms with Crippen LogP contribution in [0.25, 0.3) is 0 Å². The first-order valence-corrected chi connectivity index (χ1v) is 2.38. The fourth-order valence-corrected chi connectivity index (χ4v) is 0.594. The van der Waals surface area contributed by atoms with E-state index in [1.165, 1.54) is 0 Å². The van der Waals surface area contributed by atoms with Crippen molar-refractivity contribution in [2.24, 2.45) is 0 Å². The maximum Gasteiger partial charge on any atom is 0.185 e. The van der Waals surface area contributed by atoms with Crippen molar-refractivity contribution >= 4 is 12.4 Å². The van der Waals surface area contributed by atoms with E-state index < -0.39 is 0 Å². The van der Waals surface area contributed by atoms with Crippen molar-refractivity contribution in [2.75, 3.05) is 13.7 Å². The molecule has 0 unspecified atom stereocenters. The monoisotopic (exact) mass is 145 g/mol. The minimum Gasteiger partial charge on any atom is -0.361 e. The molecule has 1 rings (SSSR count). The first kappa shape index (κ1) is 8.12. The molecule has 0 fully saturated rings. The average molecular weight is 146 g/mol. The maximum absolute atomic E-state index is 8.28. The Hall–Kier alpha value is -0.880. The normalized spacial score (nSPS) is 15.1. The molecule has 4 heteroatoms. The van der Waals surface area contributed by atoms with Crippen LogP contribution < -0.4 is 0 Å². The van der Waals surface area contributed by atoms with Gasteiger partial charge in [-0.05, 0) is 0 Å². The molecule has 0 aromatic heterocycles. The number of nitrogens with zero attached hydrogens (tertiary/aromatic N) is 3. The Balaban J connectivity index is 0.000000640. The highest BCUT2D eigenvalue weighted by atomic mass is 35.5. The van der Waals surface area contributed by atoms with Crippen molar-refractivity contribution in [3.8, 4) is 6.19 Å². The second kappa shape index (κ2) is 3.21. The third kappa shape index (κ3) is 1.82. The minimum atomic E-state index is 0. The third-order valence-electron chi connectivity index (χ3n) is 1.00. The zero-order chi connectivity index (χ0) is 5.98. The summed E-state index contributed by atoms with van der Waals surface area (Å²) in [6, 6.07) is 0. The number of nitriles is 1. The van der Waals surface area contributed by atoms with Gasteiger partial charge in [0, 0.05) is 19.4 Å². The molecule has 1 aliphatic rings. The summed E-state index contributed by atoms with van der Waals surface area (Å²) in [4.78, 5) is 3.49. The van der Waals surface area contributed by atoms with Crippen molar-refractivity contribution in [1.82, 2.24) is 9.80 Å². The van der Waals surface area contributed by atoms with Crippen LogP contribution in [0.4, 0.5) is 0 Å². The lowest BCUT2D eigenvalue weighted by atomic mass is 10.8. The smallest absolute Gasteiger partial charge is 0.185 e. The number of hydrogen-bond donors (Lipinski definition) is 0. The van der Waals surface area contributed by atoms with E-state index in [9.17, 15) is 0 Å². The van der Waals surface area contributed by atoms with Crippen LogP contribution in [0.2, 0.25) is 0 Å². The van der Waals surface area contributed by atoms with Crippen LogP contribution in [-0.4, -0.2) is 23.5 Å². The summed E-state index contributed by atoms with van der Waals surface area (Å²) >= 11 is 0. The molecule has 0 aromatic rings. The third-order valence-corrected chi connectivity index (χ3v) is 1.00. The van der Waals surface area contributed by atoms with Crippen LogP contribution in [0, 0.1) is 11.5 Å². The van der Waals surface area contributed by atoms with Crippen LogP contribution >= 0.6 is 12.4 Å². The summed E-state index contributed by atoms with van der Waals surface area (Å²) in [6.45, 7) is 0.691. The van der Waals surface area contributed by atoms with E-state index in [1.807, 2.05) is 24.3 Å². The van der Waals surface area contributed by atoms with E-state index in [0.29, 0.717) is 6.67 Å². The highest BCUT2D eigenvalue weighted by Gasteiger charge is 2.04. The predicted molar refractivity (Wildman–Crippen MR) is 36.5 cm³/mol. The van der Waals surface area contributed by atoms with E-state index in [4.69, 9.17) is 5.26 Å². The zero-order valence-electron chi connectivity index (χ0n) is 5.11. The van der Waals surface area contributed by atoms with Crippen LogP contribution in [0.15, 0.2) is 12.4 Å². The lowest BCUT2D eigenvalue weighted by Crippen LogP contribution is -2.17. The van der Waals surface area contributed by atoms with Crippen LogP contribution in [-0.2, 0) is 0 Å². The minimum absolute atomic E-state index is 0. The Morgan fingerprint density at radius 1 is 1.56 bits per heavy atom. The fraction of sp³-hybridized carbons (Fsp3) is 0.400. The van der Waals surface area contributed by atoms with Crippen LogP contribution in [0.5, 0.6) is 0 Å². The number of halogens is 1. The molecule has 0 aliphatic carbocycles. The molecule has 50 valence electrons. The van der Waals surface area contributed by atoms with Crippen molar-refractivity contribution in [3.05, 3.63) is 12.4 Å². The summed E-state index contributed by atoms with van der Waals surface area (Å²) in [7, 11) is 1.92. The van der Waals surface area contributed by atoms with E-state index in [1.54, 1.807) is 11.1 Å². The molecule has 3 nitrogen and oxygen atoms in total. The summed E-state index contributed by atoms with van der Waals surface area (Å²) in [5.41, 5.74) is 0. The molecule has 0 saturated carbocycles. The molecule has 0 N–H and O–H groups in total. The van der Waals surface area contributed by atoms with Gasteiger partial charge in [-0.1, -0.05) is 0 Å². The summed E-state index contributed by atoms with van der Waals surface area (Å²) in [5, 5.41) is 8.28. The molecule has 0 spiro atoms. The summed E-state index contributed by atoms with van der Waals surface area (Å²) < 4.78 is 0. The van der Waals surface area contributed by atoms with Gasteiger partial charge < -0.3 is 4.90 Å². The molecule has 0 radical (unpaired) electrons.